The molecule has 0 spiro atoms. The second kappa shape index (κ2) is 4.85. The van der Waals surface area contributed by atoms with Gasteiger partial charge in [-0.3, -0.25) is 4.79 Å². The molecule has 2 atom stereocenters. The minimum atomic E-state index is -0.0458. The van der Waals surface area contributed by atoms with Gasteiger partial charge >= 0.3 is 0 Å². The molecule has 4 nitrogen and oxygen atoms in total. The molecule has 1 aromatic rings. The Morgan fingerprint density at radius 2 is 2.11 bits per heavy atom. The van der Waals surface area contributed by atoms with Crippen molar-refractivity contribution in [2.45, 2.75) is 38.3 Å². The molecule has 2 saturated heterocycles. The molecule has 3 rings (SSSR count). The van der Waals surface area contributed by atoms with E-state index in [2.05, 4.69) is 5.32 Å². The lowest BCUT2D eigenvalue weighted by atomic mass is 10.1. The molecule has 4 heteroatoms. The number of fused-ring (bicyclic) bond motifs is 2. The summed E-state index contributed by atoms with van der Waals surface area (Å²) in [4.78, 5) is 14.4. The second-order valence-electron chi connectivity index (χ2n) is 5.70. The number of amides is 1. The third-order valence-corrected chi connectivity index (χ3v) is 4.19. The number of phenols is 1. The number of benzene rings is 1. The van der Waals surface area contributed by atoms with Gasteiger partial charge in [-0.2, -0.15) is 0 Å². The molecule has 0 saturated carbocycles. The predicted molar refractivity (Wildman–Crippen MR) is 73.3 cm³/mol. The van der Waals surface area contributed by atoms with Crippen molar-refractivity contribution in [1.29, 1.82) is 0 Å². The Balaban J connectivity index is 1.81. The van der Waals surface area contributed by atoms with Gasteiger partial charge in [-0.05, 0) is 38.3 Å². The van der Waals surface area contributed by atoms with Gasteiger partial charge in [-0.25, -0.2) is 0 Å². The predicted octanol–water partition coefficient (Wildman–Crippen LogP) is 1.67. The Morgan fingerprint density at radius 1 is 1.32 bits per heavy atom. The van der Waals surface area contributed by atoms with E-state index in [-0.39, 0.29) is 11.7 Å². The summed E-state index contributed by atoms with van der Waals surface area (Å²) in [6.07, 6.45) is 3.38. The van der Waals surface area contributed by atoms with Gasteiger partial charge < -0.3 is 15.3 Å². The Hall–Kier alpha value is -1.55. The van der Waals surface area contributed by atoms with Crippen molar-refractivity contribution >= 4 is 5.91 Å². The molecule has 2 N–H and O–H groups in total. The number of phenolic OH excluding ortho intramolecular Hbond substituents is 1. The summed E-state index contributed by atoms with van der Waals surface area (Å²) in [5, 5.41) is 13.4. The van der Waals surface area contributed by atoms with E-state index in [9.17, 15) is 9.90 Å². The number of rotatable bonds is 1. The molecule has 19 heavy (non-hydrogen) atoms. The summed E-state index contributed by atoms with van der Waals surface area (Å²) in [6, 6.07) is 6.18. The van der Waals surface area contributed by atoms with E-state index in [1.807, 2.05) is 17.9 Å². The van der Waals surface area contributed by atoms with Crippen molar-refractivity contribution < 1.29 is 9.90 Å². The average molecular weight is 260 g/mol. The molecule has 2 bridgehead atoms. The number of nitrogens with zero attached hydrogens (tertiary/aromatic N) is 1. The van der Waals surface area contributed by atoms with Crippen LogP contribution in [0.2, 0.25) is 0 Å². The average Bonchev–Trinajstić information content (AvgIpc) is 2.71. The number of likely N-dealkylation sites (tertiary alicyclic amines) is 1. The first-order valence-corrected chi connectivity index (χ1v) is 6.98. The maximum absolute atomic E-state index is 12.5. The van der Waals surface area contributed by atoms with E-state index >= 15 is 0 Å². The highest BCUT2D eigenvalue weighted by Crippen LogP contribution is 2.24. The van der Waals surface area contributed by atoms with Crippen LogP contribution < -0.4 is 5.32 Å². The summed E-state index contributed by atoms with van der Waals surface area (Å²) in [7, 11) is 0. The van der Waals surface area contributed by atoms with Crippen molar-refractivity contribution in [3.8, 4) is 5.75 Å². The number of nitrogens with one attached hydrogen (secondary N) is 1. The highest BCUT2D eigenvalue weighted by molar-refractivity contribution is 5.97. The highest BCUT2D eigenvalue weighted by atomic mass is 16.3. The molecule has 2 heterocycles. The topological polar surface area (TPSA) is 52.6 Å². The molecule has 102 valence electrons. The summed E-state index contributed by atoms with van der Waals surface area (Å²) in [5.74, 6) is 0.0357. The fourth-order valence-electron chi connectivity index (χ4n) is 3.12. The summed E-state index contributed by atoms with van der Waals surface area (Å²) >= 11 is 0. The van der Waals surface area contributed by atoms with Crippen molar-refractivity contribution in [2.75, 3.05) is 13.1 Å². The Labute approximate surface area is 113 Å². The van der Waals surface area contributed by atoms with E-state index in [0.29, 0.717) is 17.6 Å². The van der Waals surface area contributed by atoms with Gasteiger partial charge in [-0.1, -0.05) is 11.6 Å². The number of hydrogen-bond donors (Lipinski definition) is 2. The van der Waals surface area contributed by atoms with E-state index in [0.717, 1.165) is 31.5 Å². The molecule has 2 fully saturated rings. The number of carbonyl (C=O) groups is 1. The van der Waals surface area contributed by atoms with E-state index in [4.69, 9.17) is 0 Å². The third-order valence-electron chi connectivity index (χ3n) is 4.19. The van der Waals surface area contributed by atoms with Gasteiger partial charge in [0.1, 0.15) is 5.75 Å². The van der Waals surface area contributed by atoms with Crippen molar-refractivity contribution in [3.05, 3.63) is 29.3 Å². The fraction of sp³-hybridized carbons (Fsp3) is 0.533. The minimum absolute atomic E-state index is 0.0458. The summed E-state index contributed by atoms with van der Waals surface area (Å²) in [5.41, 5.74) is 1.42. The van der Waals surface area contributed by atoms with Crippen LogP contribution in [-0.2, 0) is 0 Å². The van der Waals surface area contributed by atoms with Gasteiger partial charge in [0.2, 0.25) is 0 Å². The number of aryl methyl sites for hydroxylation is 1. The number of hydrogen-bond acceptors (Lipinski definition) is 3. The van der Waals surface area contributed by atoms with Crippen LogP contribution in [0.1, 0.15) is 35.2 Å². The van der Waals surface area contributed by atoms with Crippen molar-refractivity contribution in [3.63, 3.8) is 0 Å². The van der Waals surface area contributed by atoms with Crippen LogP contribution in [0.5, 0.6) is 5.75 Å². The monoisotopic (exact) mass is 260 g/mol. The standard InChI is InChI=1S/C15H20N2O2/c1-10-2-5-14(18)13(8-10)15(19)17-7-6-11-3-4-12(9-17)16-11/h2,5,8,11-12,16,18H,3-4,6-7,9H2,1H3/t11-,12+/m1/s1. The first-order valence-electron chi connectivity index (χ1n) is 6.98. The highest BCUT2D eigenvalue weighted by Gasteiger charge is 2.32. The maximum Gasteiger partial charge on any atom is 0.257 e. The van der Waals surface area contributed by atoms with Crippen LogP contribution in [0.15, 0.2) is 18.2 Å². The minimum Gasteiger partial charge on any atom is -0.507 e. The molecular weight excluding hydrogens is 240 g/mol. The zero-order valence-electron chi connectivity index (χ0n) is 11.2. The first kappa shape index (κ1) is 12.5. The number of carbonyl (C=O) groups excluding carboxylic acids is 1. The Bertz CT molecular complexity index is 501. The largest absolute Gasteiger partial charge is 0.507 e. The van der Waals surface area contributed by atoms with Crippen molar-refractivity contribution in [1.82, 2.24) is 10.2 Å². The smallest absolute Gasteiger partial charge is 0.257 e. The molecule has 0 aliphatic carbocycles. The molecule has 0 aromatic heterocycles. The number of aromatic hydroxyl groups is 1. The zero-order valence-corrected chi connectivity index (χ0v) is 11.2. The Morgan fingerprint density at radius 3 is 2.95 bits per heavy atom. The van der Waals surface area contributed by atoms with Gasteiger partial charge in [0.25, 0.3) is 5.91 Å². The summed E-state index contributed by atoms with van der Waals surface area (Å²) < 4.78 is 0. The van der Waals surface area contributed by atoms with Crippen LogP contribution in [-0.4, -0.2) is 41.1 Å². The lowest BCUT2D eigenvalue weighted by molar-refractivity contribution is 0.0745. The first-order chi connectivity index (χ1) is 9.13. The summed E-state index contributed by atoms with van der Waals surface area (Å²) in [6.45, 7) is 3.46. The van der Waals surface area contributed by atoms with Crippen LogP contribution in [0, 0.1) is 6.92 Å². The fourth-order valence-corrected chi connectivity index (χ4v) is 3.12. The van der Waals surface area contributed by atoms with Crippen LogP contribution in [0.3, 0.4) is 0 Å². The quantitative estimate of drug-likeness (QED) is 0.807. The molecular formula is C15H20N2O2. The lowest BCUT2D eigenvalue weighted by Crippen LogP contribution is -2.39. The molecule has 1 aromatic carbocycles. The van der Waals surface area contributed by atoms with Crippen LogP contribution in [0.25, 0.3) is 0 Å². The van der Waals surface area contributed by atoms with Gasteiger partial charge in [0.05, 0.1) is 5.56 Å². The molecule has 0 radical (unpaired) electrons. The van der Waals surface area contributed by atoms with Gasteiger partial charge in [-0.15, -0.1) is 0 Å². The van der Waals surface area contributed by atoms with Crippen LogP contribution >= 0.6 is 0 Å². The molecule has 2 aliphatic rings. The normalized spacial score (nSPS) is 26.3. The van der Waals surface area contributed by atoms with E-state index in [1.54, 1.807) is 12.1 Å². The molecule has 1 amide bonds. The third kappa shape index (κ3) is 2.45. The van der Waals surface area contributed by atoms with Gasteiger partial charge in [0.15, 0.2) is 0 Å². The molecule has 2 aliphatic heterocycles. The van der Waals surface area contributed by atoms with Gasteiger partial charge in [0, 0.05) is 25.2 Å². The second-order valence-corrected chi connectivity index (χ2v) is 5.70. The van der Waals surface area contributed by atoms with Crippen LogP contribution in [0.4, 0.5) is 0 Å². The van der Waals surface area contributed by atoms with E-state index < -0.39 is 0 Å². The van der Waals surface area contributed by atoms with Crippen molar-refractivity contribution in [2.24, 2.45) is 0 Å². The maximum atomic E-state index is 12.5. The SMILES string of the molecule is Cc1ccc(O)c(C(=O)N2CC[C@H]3CC[C@@H](C2)N3)c1. The van der Waals surface area contributed by atoms with E-state index in [1.165, 1.54) is 6.42 Å². The molecule has 0 unspecified atom stereocenters. The lowest BCUT2D eigenvalue weighted by Gasteiger charge is -2.24. The zero-order chi connectivity index (χ0) is 13.4. The Kier molecular flexibility index (Phi) is 3.19.